The molecule has 4 rings (SSSR count). The fourth-order valence-electron chi connectivity index (χ4n) is 3.85. The molecule has 1 N–H and O–H groups in total. The molecule has 0 unspecified atom stereocenters. The van der Waals surface area contributed by atoms with E-state index in [1.807, 2.05) is 36.6 Å². The number of aromatic nitrogens is 2. The Labute approximate surface area is 165 Å². The van der Waals surface area contributed by atoms with Crippen molar-refractivity contribution in [2.45, 2.75) is 57.5 Å². The summed E-state index contributed by atoms with van der Waals surface area (Å²) in [5.74, 6) is 0.708. The lowest BCUT2D eigenvalue weighted by atomic mass is 9.97. The van der Waals surface area contributed by atoms with Gasteiger partial charge in [0.05, 0.1) is 12.2 Å². The Kier molecular flexibility index (Phi) is 5.83. The van der Waals surface area contributed by atoms with Crippen LogP contribution in [0.15, 0.2) is 53.2 Å². The summed E-state index contributed by atoms with van der Waals surface area (Å²) in [6.07, 6.45) is 22.9. The van der Waals surface area contributed by atoms with E-state index in [4.69, 9.17) is 16.6 Å². The molecule has 1 saturated carbocycles. The van der Waals surface area contributed by atoms with E-state index in [9.17, 15) is 0 Å². The maximum Gasteiger partial charge on any atom is 0.223 e. The van der Waals surface area contributed by atoms with Crippen LogP contribution in [0.25, 0.3) is 5.57 Å². The zero-order chi connectivity index (χ0) is 18.5. The lowest BCUT2D eigenvalue weighted by molar-refractivity contribution is 0.470. The van der Waals surface area contributed by atoms with Gasteiger partial charge in [-0.05, 0) is 12.8 Å². The van der Waals surface area contributed by atoms with Gasteiger partial charge in [0.2, 0.25) is 5.95 Å². The van der Waals surface area contributed by atoms with Gasteiger partial charge >= 0.3 is 0 Å². The van der Waals surface area contributed by atoms with E-state index < -0.39 is 0 Å². The molecule has 1 aromatic heterocycles. The number of hydrogen-bond donors (Lipinski definition) is 1. The summed E-state index contributed by atoms with van der Waals surface area (Å²) in [5, 5.41) is 4.10. The Hall–Kier alpha value is -2.20. The van der Waals surface area contributed by atoms with E-state index in [0.717, 1.165) is 22.4 Å². The number of fused-ring (bicyclic) bond motifs is 3. The number of hydrogen-bond acceptors (Lipinski definition) is 4. The average molecular weight is 381 g/mol. The largest absolute Gasteiger partial charge is 0.351 e. The second-order valence-corrected chi connectivity index (χ2v) is 7.65. The Balaban J connectivity index is 1.65. The molecule has 1 fully saturated rings. The maximum absolute atomic E-state index is 6.46. The maximum atomic E-state index is 6.46. The van der Waals surface area contributed by atoms with E-state index in [2.05, 4.69) is 21.4 Å². The molecule has 2 aliphatic carbocycles. The molecule has 0 radical (unpaired) electrons. The lowest BCUT2D eigenvalue weighted by Gasteiger charge is -2.21. The van der Waals surface area contributed by atoms with Gasteiger partial charge in [0.15, 0.2) is 0 Å². The normalized spacial score (nSPS) is 26.8. The third kappa shape index (κ3) is 4.38. The first-order chi connectivity index (χ1) is 13.3. The highest BCUT2D eigenvalue weighted by Crippen LogP contribution is 2.32. The number of allylic oxidation sites excluding steroid dienone is 8. The highest BCUT2D eigenvalue weighted by Gasteiger charge is 2.22. The van der Waals surface area contributed by atoms with Crippen LogP contribution in [0, 0.1) is 0 Å². The fourth-order valence-corrected chi connectivity index (χ4v) is 4.07. The molecule has 4 nitrogen and oxygen atoms in total. The molecule has 1 aliphatic heterocycles. The zero-order valence-electron chi connectivity index (χ0n) is 15.5. The van der Waals surface area contributed by atoms with Crippen LogP contribution < -0.4 is 5.32 Å². The second kappa shape index (κ2) is 8.66. The van der Waals surface area contributed by atoms with Gasteiger partial charge in [-0.15, -0.1) is 0 Å². The molecule has 0 bridgehead atoms. The number of aliphatic imine (C=N–C) groups is 1. The molecular formula is C22H25ClN4. The van der Waals surface area contributed by atoms with Gasteiger partial charge in [-0.3, -0.25) is 4.99 Å². The summed E-state index contributed by atoms with van der Waals surface area (Å²) >= 11 is 6.46. The van der Waals surface area contributed by atoms with Crippen molar-refractivity contribution in [3.8, 4) is 0 Å². The van der Waals surface area contributed by atoms with Gasteiger partial charge in [0.25, 0.3) is 0 Å². The van der Waals surface area contributed by atoms with E-state index >= 15 is 0 Å². The van der Waals surface area contributed by atoms with Gasteiger partial charge in [-0.2, -0.15) is 0 Å². The van der Waals surface area contributed by atoms with Crippen LogP contribution in [0.5, 0.6) is 0 Å². The molecule has 0 atom stereocenters. The highest BCUT2D eigenvalue weighted by molar-refractivity contribution is 6.71. The van der Waals surface area contributed by atoms with Gasteiger partial charge < -0.3 is 5.32 Å². The van der Waals surface area contributed by atoms with E-state index in [1.54, 1.807) is 0 Å². The average Bonchev–Trinajstić information content (AvgIpc) is 2.74. The molecule has 2 heterocycles. The van der Waals surface area contributed by atoms with Crippen LogP contribution in [0.2, 0.25) is 0 Å². The zero-order valence-corrected chi connectivity index (χ0v) is 16.3. The predicted octanol–water partition coefficient (Wildman–Crippen LogP) is 5.59. The quantitative estimate of drug-likeness (QED) is 0.727. The van der Waals surface area contributed by atoms with E-state index in [-0.39, 0.29) is 0 Å². The summed E-state index contributed by atoms with van der Waals surface area (Å²) in [4.78, 5) is 14.0. The molecule has 140 valence electrons. The molecule has 3 aliphatic rings. The van der Waals surface area contributed by atoms with Crippen LogP contribution in [-0.4, -0.2) is 21.2 Å². The number of rotatable bonds is 2. The summed E-state index contributed by atoms with van der Waals surface area (Å²) in [6.45, 7) is 0.500. The van der Waals surface area contributed by atoms with Gasteiger partial charge in [0.1, 0.15) is 5.17 Å². The molecule has 0 aromatic carbocycles. The first-order valence-corrected chi connectivity index (χ1v) is 10.3. The number of halogens is 1. The summed E-state index contributed by atoms with van der Waals surface area (Å²) < 4.78 is 0. The molecule has 27 heavy (non-hydrogen) atoms. The topological polar surface area (TPSA) is 50.2 Å². The van der Waals surface area contributed by atoms with Crippen molar-refractivity contribution >= 4 is 28.3 Å². The SMILES string of the molecule is ClC1=NCc2cnc(NC3CCCCCCC3)nc2/C2=C/C=C\C=C/C=C/12. The fraction of sp³-hybridized carbons (Fsp3) is 0.409. The molecule has 1 aromatic rings. The minimum atomic E-state index is 0.457. The smallest absolute Gasteiger partial charge is 0.223 e. The monoisotopic (exact) mass is 380 g/mol. The molecule has 0 amide bonds. The van der Waals surface area contributed by atoms with Gasteiger partial charge in [-0.1, -0.05) is 80.2 Å². The first kappa shape index (κ1) is 18.2. The van der Waals surface area contributed by atoms with Gasteiger partial charge in [0, 0.05) is 28.9 Å². The Morgan fingerprint density at radius 3 is 2.37 bits per heavy atom. The highest BCUT2D eigenvalue weighted by atomic mass is 35.5. The summed E-state index contributed by atoms with van der Waals surface area (Å²) in [6, 6.07) is 0.457. The minimum Gasteiger partial charge on any atom is -0.351 e. The minimum absolute atomic E-state index is 0.457. The predicted molar refractivity (Wildman–Crippen MR) is 113 cm³/mol. The first-order valence-electron chi connectivity index (χ1n) is 9.90. The lowest BCUT2D eigenvalue weighted by Crippen LogP contribution is -2.22. The van der Waals surface area contributed by atoms with Crippen LogP contribution >= 0.6 is 11.6 Å². The van der Waals surface area contributed by atoms with Crippen molar-refractivity contribution in [1.82, 2.24) is 9.97 Å². The number of nitrogens with one attached hydrogen (secondary N) is 1. The summed E-state index contributed by atoms with van der Waals surface area (Å²) in [7, 11) is 0. The van der Waals surface area contributed by atoms with Crippen molar-refractivity contribution in [1.29, 1.82) is 0 Å². The van der Waals surface area contributed by atoms with Crippen molar-refractivity contribution in [2.24, 2.45) is 4.99 Å². The van der Waals surface area contributed by atoms with Crippen LogP contribution in [0.3, 0.4) is 0 Å². The third-order valence-corrected chi connectivity index (χ3v) is 5.64. The molecule has 0 saturated heterocycles. The Bertz CT molecular complexity index is 840. The molecule has 5 heteroatoms. The summed E-state index contributed by atoms with van der Waals surface area (Å²) in [5.41, 5.74) is 3.83. The molecule has 0 spiro atoms. The number of nitrogens with zero attached hydrogens (tertiary/aromatic N) is 3. The van der Waals surface area contributed by atoms with Crippen LogP contribution in [-0.2, 0) is 6.54 Å². The standard InChI is InChI=1S/C22H25ClN4/c23-21-19-13-9-5-4-8-12-18(19)20-16(14-24-21)15-25-22(27-20)26-17-10-6-2-1-3-7-11-17/h4-5,8-9,12-13,15,17H,1-3,6-7,10-11,14H2,(H,25,26,27)/b5-4?,8-4-,9-5-,12-8?,13-9?,18-12+,19-13+. The van der Waals surface area contributed by atoms with Crippen LogP contribution in [0.4, 0.5) is 5.95 Å². The van der Waals surface area contributed by atoms with E-state index in [1.165, 1.54) is 44.9 Å². The van der Waals surface area contributed by atoms with Crippen LogP contribution in [0.1, 0.15) is 56.2 Å². The van der Waals surface area contributed by atoms with Gasteiger partial charge in [-0.25, -0.2) is 9.97 Å². The van der Waals surface area contributed by atoms with E-state index in [0.29, 0.717) is 23.7 Å². The Morgan fingerprint density at radius 2 is 1.59 bits per heavy atom. The second-order valence-electron chi connectivity index (χ2n) is 7.29. The van der Waals surface area contributed by atoms with Crippen molar-refractivity contribution in [2.75, 3.05) is 5.32 Å². The third-order valence-electron chi connectivity index (χ3n) is 5.32. The van der Waals surface area contributed by atoms with Crippen molar-refractivity contribution in [3.63, 3.8) is 0 Å². The number of anilines is 1. The van der Waals surface area contributed by atoms with Crippen molar-refractivity contribution in [3.05, 3.63) is 59.5 Å². The van der Waals surface area contributed by atoms with Crippen molar-refractivity contribution < 1.29 is 0 Å². The molecular weight excluding hydrogens is 356 g/mol. The Morgan fingerprint density at radius 1 is 0.889 bits per heavy atom.